The van der Waals surface area contributed by atoms with Gasteiger partial charge in [0.1, 0.15) is 23.5 Å². The number of nitrogens with zero attached hydrogens (tertiary/aromatic N) is 6. The van der Waals surface area contributed by atoms with Crippen LogP contribution in [0.15, 0.2) is 76.8 Å². The number of aliphatic hydroxyl groups is 1. The molecule has 14 heteroatoms. The lowest BCUT2D eigenvalue weighted by Gasteiger charge is -2.38. The van der Waals surface area contributed by atoms with Gasteiger partial charge in [0.25, 0.3) is 0 Å². The standard InChI is InChI=1S/C43H48N8O5S/c1-24(2)39(43(55)51-22-32(52)19-36(51)42(54)45-25(3)27-11-13-28(14-12-27)40-26(4)44-23-57-40)38-18-31(49-56-38)8-7-15-50-20-30(21-50)34-16-29-17-35(47-48-41(29)46-34)33-9-5-6-10-37(33)53/h5-6,9-14,16-18,23-25,30,32,36,39,52-53H,7-8,15,19-22H2,1-4H3,(H,45,54)(H,46,48)/t25-,32+,36-,39-/m0/s1. The van der Waals surface area contributed by atoms with Crippen molar-refractivity contribution < 1.29 is 24.3 Å². The van der Waals surface area contributed by atoms with Crippen molar-refractivity contribution in [3.63, 3.8) is 0 Å². The van der Waals surface area contributed by atoms with E-state index >= 15 is 0 Å². The van der Waals surface area contributed by atoms with Gasteiger partial charge in [-0.25, -0.2) is 4.98 Å². The van der Waals surface area contributed by atoms with Crippen molar-refractivity contribution in [1.29, 1.82) is 0 Å². The minimum absolute atomic E-state index is 0.0838. The number of carbonyl (C=O) groups is 2. The molecule has 13 nitrogen and oxygen atoms in total. The number of amides is 2. The number of phenolic OH excluding ortho intramolecular Hbond substituents is 1. The Morgan fingerprint density at radius 1 is 1.04 bits per heavy atom. The summed E-state index contributed by atoms with van der Waals surface area (Å²) < 4.78 is 5.80. The number of β-amino-alcohol motifs (C(OH)–C–C–N with tert-alkyl or cyclic N) is 1. The quantitative estimate of drug-likeness (QED) is 0.103. The highest BCUT2D eigenvalue weighted by Crippen LogP contribution is 2.34. The second-order valence-electron chi connectivity index (χ2n) is 15.8. The molecule has 6 heterocycles. The molecule has 0 unspecified atom stereocenters. The van der Waals surface area contributed by atoms with Gasteiger partial charge in [0.05, 0.1) is 39.6 Å². The van der Waals surface area contributed by atoms with Crippen molar-refractivity contribution in [3.8, 4) is 27.4 Å². The molecule has 0 spiro atoms. The number of aromatic nitrogens is 5. The lowest BCUT2D eigenvalue weighted by Crippen LogP contribution is -2.48. The van der Waals surface area contributed by atoms with Gasteiger partial charge in [0.2, 0.25) is 11.8 Å². The van der Waals surface area contributed by atoms with Crippen molar-refractivity contribution in [2.24, 2.45) is 5.92 Å². The summed E-state index contributed by atoms with van der Waals surface area (Å²) in [6, 6.07) is 20.1. The molecular formula is C43H48N8O5S. The fourth-order valence-corrected chi connectivity index (χ4v) is 8.95. The summed E-state index contributed by atoms with van der Waals surface area (Å²) in [4.78, 5) is 40.6. The first-order valence-electron chi connectivity index (χ1n) is 19.6. The van der Waals surface area contributed by atoms with Gasteiger partial charge in [0.15, 0.2) is 5.65 Å². The van der Waals surface area contributed by atoms with Gasteiger partial charge in [-0.05, 0) is 74.5 Å². The van der Waals surface area contributed by atoms with Crippen LogP contribution in [-0.4, -0.2) is 95.5 Å². The first-order chi connectivity index (χ1) is 27.5. The molecule has 57 heavy (non-hydrogen) atoms. The number of thiazole rings is 1. The number of para-hydroxylation sites is 1. The van der Waals surface area contributed by atoms with Crippen LogP contribution in [0.25, 0.3) is 32.7 Å². The highest BCUT2D eigenvalue weighted by atomic mass is 32.1. The van der Waals surface area contributed by atoms with Gasteiger partial charge in [-0.3, -0.25) is 9.59 Å². The van der Waals surface area contributed by atoms with Gasteiger partial charge in [0, 0.05) is 54.7 Å². The summed E-state index contributed by atoms with van der Waals surface area (Å²) in [5.41, 5.74) is 8.78. The van der Waals surface area contributed by atoms with Crippen molar-refractivity contribution in [1.82, 2.24) is 40.4 Å². The van der Waals surface area contributed by atoms with Crippen molar-refractivity contribution >= 4 is 34.2 Å². The third-order valence-electron chi connectivity index (χ3n) is 11.3. The summed E-state index contributed by atoms with van der Waals surface area (Å²) in [7, 11) is 0. The monoisotopic (exact) mass is 788 g/mol. The van der Waals surface area contributed by atoms with E-state index in [0.29, 0.717) is 29.4 Å². The first kappa shape index (κ1) is 38.4. The normalized spacial score (nSPS) is 18.6. The van der Waals surface area contributed by atoms with E-state index in [2.05, 4.69) is 41.6 Å². The summed E-state index contributed by atoms with van der Waals surface area (Å²) in [5.74, 6) is -0.273. The molecule has 0 bridgehead atoms. The molecule has 2 saturated heterocycles. The van der Waals surface area contributed by atoms with E-state index in [-0.39, 0.29) is 42.5 Å². The Morgan fingerprint density at radius 3 is 2.56 bits per heavy atom. The third kappa shape index (κ3) is 8.07. The molecule has 4 aromatic heterocycles. The van der Waals surface area contributed by atoms with Crippen LogP contribution in [0, 0.1) is 12.8 Å². The van der Waals surface area contributed by atoms with Crippen molar-refractivity contribution in [2.45, 2.75) is 77.0 Å². The number of carbonyl (C=O) groups excluding carboxylic acids is 2. The number of aromatic amines is 1. The van der Waals surface area contributed by atoms with Crippen LogP contribution >= 0.6 is 11.3 Å². The average Bonchev–Trinajstić information content (AvgIpc) is 3.99. The fourth-order valence-electron chi connectivity index (χ4n) is 8.14. The number of rotatable bonds is 13. The number of H-pyrrole nitrogens is 1. The Morgan fingerprint density at radius 2 is 1.82 bits per heavy atom. The van der Waals surface area contributed by atoms with Gasteiger partial charge in [-0.15, -0.1) is 21.5 Å². The molecule has 2 aromatic carbocycles. The van der Waals surface area contributed by atoms with E-state index in [4.69, 9.17) is 4.52 Å². The van der Waals surface area contributed by atoms with Gasteiger partial charge in [-0.2, -0.15) is 0 Å². The molecule has 0 aliphatic carbocycles. The Balaban J connectivity index is 0.838. The maximum absolute atomic E-state index is 14.2. The lowest BCUT2D eigenvalue weighted by molar-refractivity contribution is -0.141. The zero-order chi connectivity index (χ0) is 39.8. The second-order valence-corrected chi connectivity index (χ2v) is 16.6. The first-order valence-corrected chi connectivity index (χ1v) is 20.5. The molecule has 4 N–H and O–H groups in total. The van der Waals surface area contributed by atoms with Crippen LogP contribution in [0.2, 0.25) is 0 Å². The Bertz CT molecular complexity index is 2360. The van der Waals surface area contributed by atoms with E-state index in [1.807, 2.05) is 81.7 Å². The maximum Gasteiger partial charge on any atom is 0.243 e. The SMILES string of the molecule is Cc1ncsc1-c1ccc([C@H](C)NC(=O)[C@@H]2C[C@@H](O)CN2C(=O)[C@H](c2cc(CCCN3CC(c4cc5cc(-c6ccccc6O)nnc5[nH]4)C3)no2)C(C)C)cc1. The Labute approximate surface area is 335 Å². The van der Waals surface area contributed by atoms with Crippen molar-refractivity contribution in [2.75, 3.05) is 26.2 Å². The summed E-state index contributed by atoms with van der Waals surface area (Å²) >= 11 is 1.60. The average molecular weight is 789 g/mol. The van der Waals surface area contributed by atoms with Gasteiger partial charge < -0.3 is 34.8 Å². The predicted octanol–water partition coefficient (Wildman–Crippen LogP) is 6.36. The van der Waals surface area contributed by atoms with E-state index in [9.17, 15) is 19.8 Å². The van der Waals surface area contributed by atoms with Crippen LogP contribution in [0.1, 0.15) is 79.9 Å². The maximum atomic E-state index is 14.2. The summed E-state index contributed by atoms with van der Waals surface area (Å²) in [6.45, 7) is 10.7. The molecular weight excluding hydrogens is 741 g/mol. The molecule has 6 aromatic rings. The topological polar surface area (TPSA) is 174 Å². The molecule has 8 rings (SSSR count). The Hall–Kier alpha value is -5.44. The van der Waals surface area contributed by atoms with Gasteiger partial charge >= 0.3 is 0 Å². The number of aliphatic hydroxyl groups excluding tert-OH is 1. The fraction of sp³-hybridized carbons (Fsp3) is 0.395. The number of nitrogens with one attached hydrogen (secondary N) is 2. The number of likely N-dealkylation sites (tertiary alicyclic amines) is 2. The lowest BCUT2D eigenvalue weighted by atomic mass is 9.91. The van der Waals surface area contributed by atoms with E-state index in [1.165, 1.54) is 4.90 Å². The molecule has 296 valence electrons. The van der Waals surface area contributed by atoms with Gasteiger partial charge in [-0.1, -0.05) is 55.4 Å². The molecule has 4 atom stereocenters. The minimum atomic E-state index is -0.797. The molecule has 0 radical (unpaired) electrons. The number of benzene rings is 2. The highest BCUT2D eigenvalue weighted by molar-refractivity contribution is 7.13. The highest BCUT2D eigenvalue weighted by Gasteiger charge is 2.43. The molecule has 2 fully saturated rings. The molecule has 0 saturated carbocycles. The largest absolute Gasteiger partial charge is 0.507 e. The van der Waals surface area contributed by atoms with Crippen LogP contribution in [-0.2, 0) is 16.0 Å². The van der Waals surface area contributed by atoms with Crippen LogP contribution in [0.3, 0.4) is 0 Å². The number of hydrogen-bond acceptors (Lipinski definition) is 11. The number of aryl methyl sites for hydroxylation is 2. The van der Waals surface area contributed by atoms with E-state index in [0.717, 1.165) is 70.2 Å². The molecule has 2 aliphatic heterocycles. The smallest absolute Gasteiger partial charge is 0.243 e. The van der Waals surface area contributed by atoms with E-state index < -0.39 is 18.1 Å². The number of fused-ring (bicyclic) bond motifs is 1. The number of phenols is 1. The minimum Gasteiger partial charge on any atom is -0.507 e. The Kier molecular flexibility index (Phi) is 10.9. The zero-order valence-corrected chi connectivity index (χ0v) is 33.4. The van der Waals surface area contributed by atoms with Crippen LogP contribution in [0.5, 0.6) is 5.75 Å². The predicted molar refractivity (Wildman–Crippen MR) is 218 cm³/mol. The third-order valence-corrected chi connectivity index (χ3v) is 12.3. The zero-order valence-electron chi connectivity index (χ0n) is 32.6. The summed E-state index contributed by atoms with van der Waals surface area (Å²) in [5, 5.41) is 38.0. The second kappa shape index (κ2) is 16.2. The molecule has 2 amide bonds. The summed E-state index contributed by atoms with van der Waals surface area (Å²) in [6.07, 6.45) is 0.964. The molecule has 2 aliphatic rings. The van der Waals surface area contributed by atoms with E-state index in [1.54, 1.807) is 23.5 Å². The number of hydrogen-bond donors (Lipinski definition) is 4. The number of aromatic hydroxyl groups is 1. The van der Waals surface area contributed by atoms with Crippen LogP contribution in [0.4, 0.5) is 0 Å². The van der Waals surface area contributed by atoms with Crippen LogP contribution < -0.4 is 5.32 Å². The van der Waals surface area contributed by atoms with Crippen molar-refractivity contribution in [3.05, 3.63) is 101 Å².